The summed E-state index contributed by atoms with van der Waals surface area (Å²) in [5, 5.41) is 5.84. The van der Waals surface area contributed by atoms with Gasteiger partial charge in [0, 0.05) is 31.0 Å². The molecule has 0 atom stereocenters. The van der Waals surface area contributed by atoms with Gasteiger partial charge < -0.3 is 20.3 Å². The molecule has 2 aromatic rings. The van der Waals surface area contributed by atoms with E-state index in [1.165, 1.54) is 0 Å². The van der Waals surface area contributed by atoms with Crippen LogP contribution >= 0.6 is 0 Å². The molecule has 1 aromatic heterocycles. The molecule has 7 nitrogen and oxygen atoms in total. The molecule has 122 valence electrons. The third kappa shape index (κ3) is 6.31. The maximum absolute atomic E-state index is 11.7. The second-order valence-electron chi connectivity index (χ2n) is 5.15. The lowest BCUT2D eigenvalue weighted by Gasteiger charge is -2.11. The zero-order chi connectivity index (χ0) is 16.5. The van der Waals surface area contributed by atoms with Crippen LogP contribution in [0.1, 0.15) is 0 Å². The normalized spacial score (nSPS) is 10.4. The van der Waals surface area contributed by atoms with Gasteiger partial charge in [-0.15, -0.1) is 0 Å². The molecular formula is C16H21N5O2. The van der Waals surface area contributed by atoms with Crippen molar-refractivity contribution < 1.29 is 9.53 Å². The van der Waals surface area contributed by atoms with Gasteiger partial charge in [-0.25, -0.2) is 4.98 Å². The molecule has 0 aliphatic rings. The predicted molar refractivity (Wildman–Crippen MR) is 88.8 cm³/mol. The molecule has 23 heavy (non-hydrogen) atoms. The maximum Gasteiger partial charge on any atom is 0.258 e. The summed E-state index contributed by atoms with van der Waals surface area (Å²) in [6.07, 6.45) is 1.58. The van der Waals surface area contributed by atoms with Crippen LogP contribution in [0.25, 0.3) is 0 Å². The zero-order valence-corrected chi connectivity index (χ0v) is 13.3. The quantitative estimate of drug-likeness (QED) is 0.764. The van der Waals surface area contributed by atoms with Crippen LogP contribution in [-0.4, -0.2) is 54.6 Å². The number of ether oxygens (including phenoxy) is 1. The Balaban J connectivity index is 1.82. The van der Waals surface area contributed by atoms with E-state index in [1.807, 2.05) is 49.3 Å². The van der Waals surface area contributed by atoms with Crippen molar-refractivity contribution in [2.24, 2.45) is 0 Å². The number of hydrogen-bond acceptors (Lipinski definition) is 6. The Bertz CT molecular complexity index is 619. The van der Waals surface area contributed by atoms with Gasteiger partial charge in [-0.05, 0) is 26.2 Å². The van der Waals surface area contributed by atoms with Gasteiger partial charge in [0.2, 0.25) is 11.8 Å². The first kappa shape index (κ1) is 16.7. The van der Waals surface area contributed by atoms with Gasteiger partial charge in [0.25, 0.3) is 5.91 Å². The lowest BCUT2D eigenvalue weighted by Crippen LogP contribution is -2.34. The lowest BCUT2D eigenvalue weighted by molar-refractivity contribution is -0.123. The number of carbonyl (C=O) groups is 1. The summed E-state index contributed by atoms with van der Waals surface area (Å²) in [6, 6.07) is 11.2. The van der Waals surface area contributed by atoms with Gasteiger partial charge in [0.05, 0.1) is 0 Å². The summed E-state index contributed by atoms with van der Waals surface area (Å²) >= 11 is 0. The van der Waals surface area contributed by atoms with Gasteiger partial charge in [-0.1, -0.05) is 18.2 Å². The fraction of sp³-hybridized carbons (Fsp3) is 0.312. The van der Waals surface area contributed by atoms with Crippen LogP contribution in [0, 0.1) is 0 Å². The first-order valence-electron chi connectivity index (χ1n) is 7.33. The molecule has 0 spiro atoms. The fourth-order valence-corrected chi connectivity index (χ4v) is 1.74. The molecule has 0 fully saturated rings. The highest BCUT2D eigenvalue weighted by Crippen LogP contribution is 2.14. The van der Waals surface area contributed by atoms with Crippen LogP contribution in [0.15, 0.2) is 42.6 Å². The van der Waals surface area contributed by atoms with Gasteiger partial charge >= 0.3 is 0 Å². The number of benzene rings is 1. The van der Waals surface area contributed by atoms with Gasteiger partial charge in [-0.3, -0.25) is 4.79 Å². The van der Waals surface area contributed by atoms with E-state index in [-0.39, 0.29) is 12.5 Å². The number of carbonyl (C=O) groups excluding carboxylic acids is 1. The molecule has 1 heterocycles. The number of hydrogen-bond donors (Lipinski definition) is 2. The first-order chi connectivity index (χ1) is 11.1. The van der Waals surface area contributed by atoms with E-state index in [0.29, 0.717) is 18.4 Å². The third-order valence-corrected chi connectivity index (χ3v) is 2.89. The van der Waals surface area contributed by atoms with Crippen molar-refractivity contribution in [3.63, 3.8) is 0 Å². The van der Waals surface area contributed by atoms with E-state index in [0.717, 1.165) is 12.2 Å². The van der Waals surface area contributed by atoms with Crippen LogP contribution in [0.3, 0.4) is 0 Å². The summed E-state index contributed by atoms with van der Waals surface area (Å²) in [4.78, 5) is 22.0. The number of rotatable bonds is 8. The van der Waals surface area contributed by atoms with E-state index in [1.54, 1.807) is 12.3 Å². The Morgan fingerprint density at radius 2 is 2.00 bits per heavy atom. The number of amides is 1. The third-order valence-electron chi connectivity index (χ3n) is 2.89. The van der Waals surface area contributed by atoms with Crippen molar-refractivity contribution in [3.05, 3.63) is 42.6 Å². The van der Waals surface area contributed by atoms with E-state index < -0.39 is 0 Å². The average molecular weight is 315 g/mol. The van der Waals surface area contributed by atoms with E-state index in [2.05, 4.69) is 20.6 Å². The smallest absolute Gasteiger partial charge is 0.258 e. The highest BCUT2D eigenvalue weighted by Gasteiger charge is 2.05. The minimum absolute atomic E-state index is 0.0742. The number of likely N-dealkylation sites (N-methyl/N-ethyl adjacent to an activating group) is 1. The van der Waals surface area contributed by atoms with Crippen LogP contribution < -0.4 is 15.4 Å². The first-order valence-corrected chi connectivity index (χ1v) is 7.33. The largest absolute Gasteiger partial charge is 0.467 e. The number of nitrogens with one attached hydrogen (secondary N) is 2. The van der Waals surface area contributed by atoms with E-state index >= 15 is 0 Å². The van der Waals surface area contributed by atoms with Gasteiger partial charge in [0.1, 0.15) is 0 Å². The molecule has 0 aliphatic carbocycles. The summed E-state index contributed by atoms with van der Waals surface area (Å²) in [5.41, 5.74) is 0.881. The van der Waals surface area contributed by atoms with Gasteiger partial charge in [-0.2, -0.15) is 4.98 Å². The molecule has 0 saturated heterocycles. The van der Waals surface area contributed by atoms with Crippen molar-refractivity contribution in [3.8, 4) is 5.88 Å². The average Bonchev–Trinajstić information content (AvgIpc) is 2.54. The predicted octanol–water partition coefficient (Wildman–Crippen LogP) is 1.28. The van der Waals surface area contributed by atoms with Gasteiger partial charge in [0.15, 0.2) is 6.61 Å². The molecule has 7 heteroatoms. The molecule has 2 N–H and O–H groups in total. The molecule has 0 aliphatic heterocycles. The standard InChI is InChI=1S/C16H21N5O2/c1-21(2)11-10-17-14(22)12-23-15-8-9-18-16(20-15)19-13-6-4-3-5-7-13/h3-9H,10-12H2,1-2H3,(H,17,22)(H,18,19,20). The van der Waals surface area contributed by atoms with Crippen molar-refractivity contribution in [2.45, 2.75) is 0 Å². The Morgan fingerprint density at radius 3 is 2.74 bits per heavy atom. The Kier molecular flexibility index (Phi) is 6.31. The molecule has 1 aromatic carbocycles. The summed E-state index contributed by atoms with van der Waals surface area (Å²) < 4.78 is 5.39. The van der Waals surface area contributed by atoms with E-state index in [4.69, 9.17) is 4.74 Å². The Labute approximate surface area is 135 Å². The number of anilines is 2. The highest BCUT2D eigenvalue weighted by molar-refractivity contribution is 5.77. The van der Waals surface area contributed by atoms with E-state index in [9.17, 15) is 4.79 Å². The fourth-order valence-electron chi connectivity index (χ4n) is 1.74. The van der Waals surface area contributed by atoms with Crippen LogP contribution in [0.2, 0.25) is 0 Å². The Morgan fingerprint density at radius 1 is 1.22 bits per heavy atom. The second kappa shape index (κ2) is 8.70. The lowest BCUT2D eigenvalue weighted by atomic mass is 10.3. The highest BCUT2D eigenvalue weighted by atomic mass is 16.5. The molecule has 0 unspecified atom stereocenters. The molecule has 1 amide bonds. The summed E-state index contributed by atoms with van der Waals surface area (Å²) in [5.74, 6) is 0.589. The zero-order valence-electron chi connectivity index (χ0n) is 13.3. The summed E-state index contributed by atoms with van der Waals surface area (Å²) in [7, 11) is 3.90. The minimum atomic E-state index is -0.178. The number of para-hydroxylation sites is 1. The number of nitrogens with zero attached hydrogens (tertiary/aromatic N) is 3. The number of aromatic nitrogens is 2. The van der Waals surface area contributed by atoms with Crippen molar-refractivity contribution >= 4 is 17.5 Å². The van der Waals surface area contributed by atoms with Crippen LogP contribution in [0.4, 0.5) is 11.6 Å². The molecule has 0 bridgehead atoms. The van der Waals surface area contributed by atoms with Crippen LogP contribution in [0.5, 0.6) is 5.88 Å². The van der Waals surface area contributed by atoms with Crippen molar-refractivity contribution in [1.29, 1.82) is 0 Å². The molecule has 0 saturated carbocycles. The Hall–Kier alpha value is -2.67. The SMILES string of the molecule is CN(C)CCNC(=O)COc1ccnc(Nc2ccccc2)n1. The molecular weight excluding hydrogens is 294 g/mol. The maximum atomic E-state index is 11.7. The van der Waals surface area contributed by atoms with Crippen LogP contribution in [-0.2, 0) is 4.79 Å². The van der Waals surface area contributed by atoms with Crippen molar-refractivity contribution in [1.82, 2.24) is 20.2 Å². The molecule has 0 radical (unpaired) electrons. The monoisotopic (exact) mass is 315 g/mol. The topological polar surface area (TPSA) is 79.4 Å². The minimum Gasteiger partial charge on any atom is -0.467 e. The van der Waals surface area contributed by atoms with Crippen molar-refractivity contribution in [2.75, 3.05) is 39.1 Å². The second-order valence-corrected chi connectivity index (χ2v) is 5.15. The summed E-state index contributed by atoms with van der Waals surface area (Å²) in [6.45, 7) is 1.29. The molecule has 2 rings (SSSR count).